The van der Waals surface area contributed by atoms with Gasteiger partial charge in [0.25, 0.3) is 5.91 Å². The molecule has 0 bridgehead atoms. The molecule has 0 radical (unpaired) electrons. The Labute approximate surface area is 151 Å². The predicted octanol–water partition coefficient (Wildman–Crippen LogP) is 1.42. The molecule has 3 aromatic heterocycles. The second-order valence-corrected chi connectivity index (χ2v) is 5.83. The first-order chi connectivity index (χ1) is 13.0. The Bertz CT molecular complexity index is 1230. The quantitative estimate of drug-likeness (QED) is 0.591. The number of halogens is 1. The standard InChI is InChI=1S/C18H13FN6O2/c1-24-14-13(15(20)26)22-16(10-3-2-8-21-9-10)23-17(14)25(18(24)27)12-6-4-11(19)5-7-12/h2-9H,1H3,(H2,20,26). The van der Waals surface area contributed by atoms with Crippen LogP contribution in [0.25, 0.3) is 28.2 Å². The highest BCUT2D eigenvalue weighted by atomic mass is 19.1. The van der Waals surface area contributed by atoms with E-state index < -0.39 is 17.4 Å². The molecule has 0 aliphatic carbocycles. The lowest BCUT2D eigenvalue weighted by Crippen LogP contribution is -2.21. The van der Waals surface area contributed by atoms with Gasteiger partial charge in [0.2, 0.25) is 0 Å². The molecule has 2 N–H and O–H groups in total. The molecule has 0 saturated carbocycles. The lowest BCUT2D eigenvalue weighted by atomic mass is 10.2. The zero-order valence-electron chi connectivity index (χ0n) is 14.1. The van der Waals surface area contributed by atoms with Crippen molar-refractivity contribution in [1.29, 1.82) is 0 Å². The fraction of sp³-hybridized carbons (Fsp3) is 0.0556. The van der Waals surface area contributed by atoms with Crippen LogP contribution in [0.5, 0.6) is 0 Å². The first kappa shape index (κ1) is 16.6. The Morgan fingerprint density at radius 1 is 1.15 bits per heavy atom. The van der Waals surface area contributed by atoms with E-state index in [-0.39, 0.29) is 22.7 Å². The Morgan fingerprint density at radius 3 is 2.52 bits per heavy atom. The van der Waals surface area contributed by atoms with E-state index in [4.69, 9.17) is 5.73 Å². The van der Waals surface area contributed by atoms with Crippen molar-refractivity contribution in [3.05, 3.63) is 70.8 Å². The Hall–Kier alpha value is -3.88. The van der Waals surface area contributed by atoms with Crippen molar-refractivity contribution in [1.82, 2.24) is 24.1 Å². The fourth-order valence-corrected chi connectivity index (χ4v) is 2.86. The van der Waals surface area contributed by atoms with Crippen LogP contribution in [0.1, 0.15) is 10.5 Å². The summed E-state index contributed by atoms with van der Waals surface area (Å²) in [6.45, 7) is 0. The van der Waals surface area contributed by atoms with Crippen LogP contribution >= 0.6 is 0 Å². The third-order valence-corrected chi connectivity index (χ3v) is 4.13. The zero-order valence-corrected chi connectivity index (χ0v) is 14.1. The highest BCUT2D eigenvalue weighted by Gasteiger charge is 2.22. The fourth-order valence-electron chi connectivity index (χ4n) is 2.86. The van der Waals surface area contributed by atoms with Crippen molar-refractivity contribution in [3.63, 3.8) is 0 Å². The monoisotopic (exact) mass is 364 g/mol. The molecule has 27 heavy (non-hydrogen) atoms. The number of amides is 1. The SMILES string of the molecule is Cn1c(=O)n(-c2ccc(F)cc2)c2nc(-c3cccnc3)nc(C(N)=O)c21. The summed E-state index contributed by atoms with van der Waals surface area (Å²) in [5, 5.41) is 0. The minimum atomic E-state index is -0.792. The number of aromatic nitrogens is 5. The molecule has 0 aliphatic heterocycles. The minimum absolute atomic E-state index is 0.0840. The molecule has 0 fully saturated rings. The van der Waals surface area contributed by atoms with Gasteiger partial charge in [-0.15, -0.1) is 0 Å². The molecule has 1 amide bonds. The molecule has 4 aromatic rings. The molecule has 134 valence electrons. The number of nitrogens with two attached hydrogens (primary N) is 1. The maximum absolute atomic E-state index is 13.3. The average Bonchev–Trinajstić information content (AvgIpc) is 2.93. The second-order valence-electron chi connectivity index (χ2n) is 5.83. The van der Waals surface area contributed by atoms with E-state index in [9.17, 15) is 14.0 Å². The number of benzene rings is 1. The molecule has 0 saturated heterocycles. The van der Waals surface area contributed by atoms with Crippen LogP contribution in [0.15, 0.2) is 53.6 Å². The van der Waals surface area contributed by atoms with Gasteiger partial charge in [-0.2, -0.15) is 0 Å². The Balaban J connectivity index is 2.12. The van der Waals surface area contributed by atoms with Gasteiger partial charge in [0.05, 0.1) is 5.69 Å². The topological polar surface area (TPSA) is 109 Å². The van der Waals surface area contributed by atoms with Gasteiger partial charge >= 0.3 is 5.69 Å². The number of carbonyl (C=O) groups excluding carboxylic acids is 1. The van der Waals surface area contributed by atoms with Crippen molar-refractivity contribution in [3.8, 4) is 17.1 Å². The molecule has 3 heterocycles. The summed E-state index contributed by atoms with van der Waals surface area (Å²) < 4.78 is 15.8. The van der Waals surface area contributed by atoms with Gasteiger partial charge in [0.1, 0.15) is 11.3 Å². The number of imidazole rings is 1. The van der Waals surface area contributed by atoms with Crippen molar-refractivity contribution in [2.24, 2.45) is 12.8 Å². The maximum Gasteiger partial charge on any atom is 0.334 e. The number of hydrogen-bond acceptors (Lipinski definition) is 5. The lowest BCUT2D eigenvalue weighted by molar-refractivity contribution is 0.0997. The van der Waals surface area contributed by atoms with Crippen LogP contribution in [0.2, 0.25) is 0 Å². The third-order valence-electron chi connectivity index (χ3n) is 4.13. The molecule has 0 aliphatic rings. The van der Waals surface area contributed by atoms with E-state index in [1.54, 1.807) is 18.3 Å². The van der Waals surface area contributed by atoms with E-state index in [2.05, 4.69) is 15.0 Å². The van der Waals surface area contributed by atoms with Crippen molar-refractivity contribution >= 4 is 17.1 Å². The van der Waals surface area contributed by atoms with Crippen LogP contribution in [0, 0.1) is 5.82 Å². The normalized spacial score (nSPS) is 11.0. The molecular formula is C18H13FN6O2. The predicted molar refractivity (Wildman–Crippen MR) is 95.8 cm³/mol. The van der Waals surface area contributed by atoms with Gasteiger partial charge < -0.3 is 5.73 Å². The number of primary amides is 1. The molecule has 0 atom stereocenters. The van der Waals surface area contributed by atoms with E-state index in [0.717, 1.165) is 0 Å². The molecule has 0 spiro atoms. The smallest absolute Gasteiger partial charge is 0.334 e. The number of aryl methyl sites for hydroxylation is 1. The highest BCUT2D eigenvalue weighted by molar-refractivity contribution is 6.02. The Morgan fingerprint density at radius 2 is 1.89 bits per heavy atom. The van der Waals surface area contributed by atoms with E-state index in [1.165, 1.54) is 46.6 Å². The van der Waals surface area contributed by atoms with Crippen LogP contribution in [-0.4, -0.2) is 30.0 Å². The summed E-state index contributed by atoms with van der Waals surface area (Å²) >= 11 is 0. The number of nitrogens with zero attached hydrogens (tertiary/aromatic N) is 5. The summed E-state index contributed by atoms with van der Waals surface area (Å²) in [6, 6.07) is 8.79. The van der Waals surface area contributed by atoms with E-state index in [1.807, 2.05) is 0 Å². The number of hydrogen-bond donors (Lipinski definition) is 1. The number of pyridine rings is 1. The molecule has 4 rings (SSSR count). The van der Waals surface area contributed by atoms with Crippen LogP contribution in [0.3, 0.4) is 0 Å². The summed E-state index contributed by atoms with van der Waals surface area (Å²) in [6.07, 6.45) is 3.13. The molecule has 1 aromatic carbocycles. The summed E-state index contributed by atoms with van der Waals surface area (Å²) in [4.78, 5) is 37.5. The molecule has 9 heteroatoms. The largest absolute Gasteiger partial charge is 0.364 e. The van der Waals surface area contributed by atoms with Crippen LogP contribution in [0.4, 0.5) is 4.39 Å². The lowest BCUT2D eigenvalue weighted by Gasteiger charge is -2.06. The average molecular weight is 364 g/mol. The molecule has 0 unspecified atom stereocenters. The van der Waals surface area contributed by atoms with Gasteiger partial charge in [0.15, 0.2) is 17.2 Å². The van der Waals surface area contributed by atoms with Gasteiger partial charge in [-0.05, 0) is 36.4 Å². The first-order valence-corrected chi connectivity index (χ1v) is 7.93. The van der Waals surface area contributed by atoms with Crippen molar-refractivity contribution in [2.75, 3.05) is 0 Å². The minimum Gasteiger partial charge on any atom is -0.364 e. The summed E-state index contributed by atoms with van der Waals surface area (Å²) in [5.74, 6) is -1.03. The molecular weight excluding hydrogens is 351 g/mol. The summed E-state index contributed by atoms with van der Waals surface area (Å²) in [7, 11) is 1.49. The number of fused-ring (bicyclic) bond motifs is 1. The zero-order chi connectivity index (χ0) is 19.1. The van der Waals surface area contributed by atoms with Gasteiger partial charge in [-0.25, -0.2) is 23.7 Å². The first-order valence-electron chi connectivity index (χ1n) is 7.93. The number of rotatable bonds is 3. The van der Waals surface area contributed by atoms with Gasteiger partial charge in [0, 0.05) is 25.0 Å². The molecule has 8 nitrogen and oxygen atoms in total. The summed E-state index contributed by atoms with van der Waals surface area (Å²) in [5.41, 5.74) is 6.30. The van der Waals surface area contributed by atoms with Gasteiger partial charge in [-0.3, -0.25) is 14.3 Å². The van der Waals surface area contributed by atoms with Gasteiger partial charge in [-0.1, -0.05) is 0 Å². The maximum atomic E-state index is 13.3. The third kappa shape index (κ3) is 2.65. The van der Waals surface area contributed by atoms with Crippen molar-refractivity contribution in [2.45, 2.75) is 0 Å². The van der Waals surface area contributed by atoms with Crippen LogP contribution < -0.4 is 11.4 Å². The second kappa shape index (κ2) is 6.13. The Kier molecular flexibility index (Phi) is 3.76. The van der Waals surface area contributed by atoms with E-state index >= 15 is 0 Å². The van der Waals surface area contributed by atoms with Crippen LogP contribution in [-0.2, 0) is 7.05 Å². The van der Waals surface area contributed by atoms with Crippen molar-refractivity contribution < 1.29 is 9.18 Å². The van der Waals surface area contributed by atoms with E-state index in [0.29, 0.717) is 11.3 Å². The highest BCUT2D eigenvalue weighted by Crippen LogP contribution is 2.22. The number of carbonyl (C=O) groups is 1.